The van der Waals surface area contributed by atoms with Gasteiger partial charge in [0, 0.05) is 19.7 Å². The summed E-state index contributed by atoms with van der Waals surface area (Å²) < 4.78 is 4.90. The van der Waals surface area contributed by atoms with Crippen LogP contribution in [0.15, 0.2) is 24.3 Å². The molecule has 0 radical (unpaired) electrons. The number of carbonyl (C=O) groups is 1. The van der Waals surface area contributed by atoms with Crippen LogP contribution in [-0.2, 0) is 9.53 Å². The lowest BCUT2D eigenvalue weighted by Gasteiger charge is -2.20. The molecule has 1 aromatic carbocycles. The van der Waals surface area contributed by atoms with Crippen molar-refractivity contribution in [2.75, 3.05) is 20.3 Å². The normalized spacial score (nSPS) is 13.9. The zero-order valence-electron chi connectivity index (χ0n) is 12.2. The second-order valence-corrected chi connectivity index (χ2v) is 4.80. The smallest absolute Gasteiger partial charge is 0.236 e. The Morgan fingerprint density at radius 2 is 1.89 bits per heavy atom. The summed E-state index contributed by atoms with van der Waals surface area (Å²) in [5, 5.41) is 6.11. The summed E-state index contributed by atoms with van der Waals surface area (Å²) in [5.74, 6) is -0.00369. The van der Waals surface area contributed by atoms with Crippen LogP contribution in [-0.4, -0.2) is 32.2 Å². The molecule has 0 saturated heterocycles. The largest absolute Gasteiger partial charge is 0.383 e. The Bertz CT molecular complexity index is 390. The van der Waals surface area contributed by atoms with Gasteiger partial charge in [0.15, 0.2) is 0 Å². The lowest BCUT2D eigenvalue weighted by molar-refractivity contribution is -0.123. The summed E-state index contributed by atoms with van der Waals surface area (Å²) in [6.07, 6.45) is 0. The summed E-state index contributed by atoms with van der Waals surface area (Å²) in [6, 6.07) is 8.25. The third kappa shape index (κ3) is 5.41. The van der Waals surface area contributed by atoms with Gasteiger partial charge in [-0.05, 0) is 26.3 Å². The number of hydrogen-bond donors (Lipinski definition) is 2. The summed E-state index contributed by atoms with van der Waals surface area (Å²) in [7, 11) is 1.62. The Balaban J connectivity index is 2.44. The highest BCUT2D eigenvalue weighted by Gasteiger charge is 2.15. The maximum absolute atomic E-state index is 11.8. The first kappa shape index (κ1) is 15.7. The molecule has 2 atom stereocenters. The minimum atomic E-state index is -0.229. The maximum atomic E-state index is 11.8. The zero-order chi connectivity index (χ0) is 14.3. The van der Waals surface area contributed by atoms with Crippen molar-refractivity contribution in [1.82, 2.24) is 10.6 Å². The van der Waals surface area contributed by atoms with Crippen LogP contribution in [0.25, 0.3) is 0 Å². The molecular formula is C15H24N2O2. The van der Waals surface area contributed by atoms with E-state index in [1.54, 1.807) is 7.11 Å². The van der Waals surface area contributed by atoms with Gasteiger partial charge in [0.2, 0.25) is 5.91 Å². The molecule has 1 amide bonds. The van der Waals surface area contributed by atoms with Gasteiger partial charge in [0.05, 0.1) is 12.6 Å². The first-order valence-electron chi connectivity index (χ1n) is 6.64. The molecule has 0 aliphatic carbocycles. The number of ether oxygens (including phenoxy) is 1. The van der Waals surface area contributed by atoms with Crippen molar-refractivity contribution in [3.8, 4) is 0 Å². The lowest BCUT2D eigenvalue weighted by atomic mass is 10.1. The molecule has 0 aliphatic heterocycles. The number of amides is 1. The fourth-order valence-electron chi connectivity index (χ4n) is 1.83. The Hall–Kier alpha value is -1.39. The third-order valence-electron chi connectivity index (χ3n) is 3.08. The van der Waals surface area contributed by atoms with E-state index < -0.39 is 0 Å². The molecule has 4 heteroatoms. The van der Waals surface area contributed by atoms with Crippen LogP contribution < -0.4 is 10.6 Å². The molecule has 0 bridgehead atoms. The number of rotatable bonds is 7. The lowest BCUT2D eigenvalue weighted by Crippen LogP contribution is -2.44. The van der Waals surface area contributed by atoms with Crippen LogP contribution in [0.5, 0.6) is 0 Å². The third-order valence-corrected chi connectivity index (χ3v) is 3.08. The van der Waals surface area contributed by atoms with Gasteiger partial charge in [-0.15, -0.1) is 0 Å². The van der Waals surface area contributed by atoms with Crippen molar-refractivity contribution in [1.29, 1.82) is 0 Å². The summed E-state index contributed by atoms with van der Waals surface area (Å²) >= 11 is 0. The van der Waals surface area contributed by atoms with Gasteiger partial charge in [-0.3, -0.25) is 10.1 Å². The van der Waals surface area contributed by atoms with Crippen LogP contribution in [0, 0.1) is 6.92 Å². The zero-order valence-corrected chi connectivity index (χ0v) is 12.2. The van der Waals surface area contributed by atoms with Gasteiger partial charge in [-0.2, -0.15) is 0 Å². The van der Waals surface area contributed by atoms with E-state index >= 15 is 0 Å². The van der Waals surface area contributed by atoms with Crippen molar-refractivity contribution in [2.45, 2.75) is 32.9 Å². The highest BCUT2D eigenvalue weighted by atomic mass is 16.5. The number of nitrogens with one attached hydrogen (secondary N) is 2. The van der Waals surface area contributed by atoms with E-state index in [0.29, 0.717) is 13.2 Å². The van der Waals surface area contributed by atoms with Crippen LogP contribution in [0.1, 0.15) is 31.0 Å². The standard InChI is InChI=1S/C15H24N2O2/c1-11-5-7-14(8-6-11)12(2)17-13(3)15(18)16-9-10-19-4/h5-8,12-13,17H,9-10H2,1-4H3,(H,16,18)/t12-,13?/m0/s1. The SMILES string of the molecule is COCCNC(=O)C(C)N[C@@H](C)c1ccc(C)cc1. The highest BCUT2D eigenvalue weighted by molar-refractivity contribution is 5.81. The molecule has 2 N–H and O–H groups in total. The summed E-state index contributed by atoms with van der Waals surface area (Å²) in [6.45, 7) is 7.07. The molecule has 1 unspecified atom stereocenters. The fourth-order valence-corrected chi connectivity index (χ4v) is 1.83. The Kier molecular flexibility index (Phi) is 6.53. The van der Waals surface area contributed by atoms with Crippen molar-refractivity contribution in [2.24, 2.45) is 0 Å². The average molecular weight is 264 g/mol. The molecule has 0 spiro atoms. The van der Waals surface area contributed by atoms with E-state index in [0.717, 1.165) is 0 Å². The van der Waals surface area contributed by atoms with Gasteiger partial charge in [0.1, 0.15) is 0 Å². The quantitative estimate of drug-likeness (QED) is 0.738. The van der Waals surface area contributed by atoms with E-state index in [9.17, 15) is 4.79 Å². The van der Waals surface area contributed by atoms with Crippen molar-refractivity contribution < 1.29 is 9.53 Å². The predicted molar refractivity (Wildman–Crippen MR) is 77.1 cm³/mol. The Morgan fingerprint density at radius 3 is 2.47 bits per heavy atom. The van der Waals surface area contributed by atoms with Gasteiger partial charge < -0.3 is 10.1 Å². The first-order chi connectivity index (χ1) is 9.04. The van der Waals surface area contributed by atoms with Gasteiger partial charge in [-0.1, -0.05) is 29.8 Å². The predicted octanol–water partition coefficient (Wildman–Crippen LogP) is 1.80. The molecule has 0 aliphatic rings. The van der Waals surface area contributed by atoms with Crippen molar-refractivity contribution in [3.63, 3.8) is 0 Å². The minimum absolute atomic E-state index is 0.00369. The molecular weight excluding hydrogens is 240 g/mol. The Labute approximate surface area is 115 Å². The fraction of sp³-hybridized carbons (Fsp3) is 0.533. The number of hydrogen-bond acceptors (Lipinski definition) is 3. The number of methoxy groups -OCH3 is 1. The van der Waals surface area contributed by atoms with Gasteiger partial charge >= 0.3 is 0 Å². The first-order valence-corrected chi connectivity index (χ1v) is 6.64. The Morgan fingerprint density at radius 1 is 1.26 bits per heavy atom. The molecule has 0 fully saturated rings. The molecule has 0 heterocycles. The van der Waals surface area contributed by atoms with E-state index in [1.807, 2.05) is 6.92 Å². The average Bonchev–Trinajstić information content (AvgIpc) is 2.39. The molecule has 106 valence electrons. The van der Waals surface area contributed by atoms with E-state index in [-0.39, 0.29) is 18.0 Å². The van der Waals surface area contributed by atoms with E-state index in [2.05, 4.69) is 48.7 Å². The summed E-state index contributed by atoms with van der Waals surface area (Å²) in [4.78, 5) is 11.8. The highest BCUT2D eigenvalue weighted by Crippen LogP contribution is 2.13. The number of carbonyl (C=O) groups excluding carboxylic acids is 1. The molecule has 4 nitrogen and oxygen atoms in total. The topological polar surface area (TPSA) is 50.4 Å². The summed E-state index contributed by atoms with van der Waals surface area (Å²) in [5.41, 5.74) is 2.42. The van der Waals surface area contributed by atoms with Crippen LogP contribution in [0.3, 0.4) is 0 Å². The molecule has 1 rings (SSSR count). The second kappa shape index (κ2) is 7.92. The molecule has 19 heavy (non-hydrogen) atoms. The van der Waals surface area contributed by atoms with Crippen molar-refractivity contribution in [3.05, 3.63) is 35.4 Å². The number of benzene rings is 1. The number of aryl methyl sites for hydroxylation is 1. The van der Waals surface area contributed by atoms with Crippen molar-refractivity contribution >= 4 is 5.91 Å². The molecule has 0 aromatic heterocycles. The van der Waals surface area contributed by atoms with Gasteiger partial charge in [-0.25, -0.2) is 0 Å². The van der Waals surface area contributed by atoms with Gasteiger partial charge in [0.25, 0.3) is 0 Å². The van der Waals surface area contributed by atoms with Crippen LogP contribution in [0.4, 0.5) is 0 Å². The molecule has 1 aromatic rings. The molecule has 0 saturated carbocycles. The minimum Gasteiger partial charge on any atom is -0.383 e. The van der Waals surface area contributed by atoms with E-state index in [4.69, 9.17) is 4.74 Å². The van der Waals surface area contributed by atoms with Crippen LogP contribution in [0.2, 0.25) is 0 Å². The van der Waals surface area contributed by atoms with Crippen LogP contribution >= 0.6 is 0 Å². The maximum Gasteiger partial charge on any atom is 0.236 e. The monoisotopic (exact) mass is 264 g/mol. The van der Waals surface area contributed by atoms with E-state index in [1.165, 1.54) is 11.1 Å². The second-order valence-electron chi connectivity index (χ2n) is 4.80.